The number of rotatable bonds is 6. The van der Waals surface area contributed by atoms with Crippen LogP contribution in [0, 0.1) is 5.41 Å². The van der Waals surface area contributed by atoms with Crippen molar-refractivity contribution in [3.05, 3.63) is 34.9 Å². The van der Waals surface area contributed by atoms with E-state index in [0.29, 0.717) is 19.5 Å². The third kappa shape index (κ3) is 4.67. The van der Waals surface area contributed by atoms with E-state index in [1.165, 1.54) is 0 Å². The highest BCUT2D eigenvalue weighted by atomic mass is 35.5. The van der Waals surface area contributed by atoms with E-state index in [1.54, 1.807) is 0 Å². The van der Waals surface area contributed by atoms with Crippen LogP contribution in [0.15, 0.2) is 24.3 Å². The van der Waals surface area contributed by atoms with E-state index in [-0.39, 0.29) is 5.91 Å². The smallest absolute Gasteiger partial charge is 0.225 e. The van der Waals surface area contributed by atoms with Crippen LogP contribution in [0.4, 0.5) is 0 Å². The van der Waals surface area contributed by atoms with E-state index in [2.05, 4.69) is 5.32 Å². The summed E-state index contributed by atoms with van der Waals surface area (Å²) in [5, 5.41) is 3.67. The summed E-state index contributed by atoms with van der Waals surface area (Å²) < 4.78 is 0. The van der Waals surface area contributed by atoms with Gasteiger partial charge in [0.1, 0.15) is 0 Å². The monoisotopic (exact) mass is 268 g/mol. The Morgan fingerprint density at radius 2 is 1.94 bits per heavy atom. The summed E-state index contributed by atoms with van der Waals surface area (Å²) in [5.41, 5.74) is 6.26. The SMILES string of the molecule is CC(C)(CCN)C(=O)NCCc1ccc(Cl)cc1. The van der Waals surface area contributed by atoms with Crippen LogP contribution in [0.25, 0.3) is 0 Å². The highest BCUT2D eigenvalue weighted by Crippen LogP contribution is 2.19. The molecular weight excluding hydrogens is 248 g/mol. The molecule has 0 bridgehead atoms. The molecule has 0 radical (unpaired) electrons. The second-order valence-electron chi connectivity index (χ2n) is 5.05. The zero-order valence-electron chi connectivity index (χ0n) is 11.0. The summed E-state index contributed by atoms with van der Waals surface area (Å²) in [6, 6.07) is 7.66. The predicted molar refractivity (Wildman–Crippen MR) is 75.6 cm³/mol. The topological polar surface area (TPSA) is 55.1 Å². The number of hydrogen-bond donors (Lipinski definition) is 2. The van der Waals surface area contributed by atoms with Gasteiger partial charge in [-0.25, -0.2) is 0 Å². The van der Waals surface area contributed by atoms with Gasteiger partial charge in [0.05, 0.1) is 0 Å². The molecule has 0 aliphatic heterocycles. The number of carbonyl (C=O) groups is 1. The summed E-state index contributed by atoms with van der Waals surface area (Å²) in [7, 11) is 0. The van der Waals surface area contributed by atoms with Crippen molar-refractivity contribution in [2.45, 2.75) is 26.7 Å². The molecule has 100 valence electrons. The van der Waals surface area contributed by atoms with E-state index in [4.69, 9.17) is 17.3 Å². The zero-order valence-corrected chi connectivity index (χ0v) is 11.8. The van der Waals surface area contributed by atoms with E-state index in [9.17, 15) is 4.79 Å². The largest absolute Gasteiger partial charge is 0.355 e. The Kier molecular flexibility index (Phi) is 5.63. The second-order valence-corrected chi connectivity index (χ2v) is 5.49. The molecular formula is C14H21ClN2O. The van der Waals surface area contributed by atoms with Crippen LogP contribution in [0.2, 0.25) is 5.02 Å². The third-order valence-electron chi connectivity index (χ3n) is 3.00. The Balaban J connectivity index is 2.37. The molecule has 1 aromatic rings. The van der Waals surface area contributed by atoms with Crippen LogP contribution in [-0.2, 0) is 11.2 Å². The Bertz CT molecular complexity index is 387. The number of amides is 1. The second kappa shape index (κ2) is 6.76. The molecule has 4 heteroatoms. The molecule has 0 aliphatic carbocycles. The van der Waals surface area contributed by atoms with Gasteiger partial charge in [-0.15, -0.1) is 0 Å². The van der Waals surface area contributed by atoms with Crippen molar-refractivity contribution in [1.82, 2.24) is 5.32 Å². The van der Waals surface area contributed by atoms with Crippen LogP contribution >= 0.6 is 11.6 Å². The first-order valence-electron chi connectivity index (χ1n) is 6.18. The van der Waals surface area contributed by atoms with Gasteiger partial charge in [-0.2, -0.15) is 0 Å². The third-order valence-corrected chi connectivity index (χ3v) is 3.25. The maximum Gasteiger partial charge on any atom is 0.225 e. The van der Waals surface area contributed by atoms with Gasteiger partial charge in [0.2, 0.25) is 5.91 Å². The Morgan fingerprint density at radius 1 is 1.33 bits per heavy atom. The fraction of sp³-hybridized carbons (Fsp3) is 0.500. The van der Waals surface area contributed by atoms with Crippen molar-refractivity contribution in [1.29, 1.82) is 0 Å². The molecule has 0 saturated heterocycles. The van der Waals surface area contributed by atoms with Gasteiger partial charge in [-0.3, -0.25) is 4.79 Å². The highest BCUT2D eigenvalue weighted by Gasteiger charge is 2.25. The molecule has 0 unspecified atom stereocenters. The number of hydrogen-bond acceptors (Lipinski definition) is 2. The number of halogens is 1. The number of benzene rings is 1. The van der Waals surface area contributed by atoms with Crippen LogP contribution < -0.4 is 11.1 Å². The highest BCUT2D eigenvalue weighted by molar-refractivity contribution is 6.30. The molecule has 0 aliphatic rings. The number of carbonyl (C=O) groups excluding carboxylic acids is 1. The molecule has 0 spiro atoms. The molecule has 0 saturated carbocycles. The average molecular weight is 269 g/mol. The van der Waals surface area contributed by atoms with Crippen molar-refractivity contribution in [2.24, 2.45) is 11.1 Å². The summed E-state index contributed by atoms with van der Waals surface area (Å²) in [6.45, 7) is 4.99. The van der Waals surface area contributed by atoms with Crippen LogP contribution in [0.1, 0.15) is 25.8 Å². The molecule has 1 aromatic carbocycles. The van der Waals surface area contributed by atoms with Crippen molar-refractivity contribution < 1.29 is 4.79 Å². The van der Waals surface area contributed by atoms with Crippen molar-refractivity contribution >= 4 is 17.5 Å². The molecule has 0 heterocycles. The van der Waals surface area contributed by atoms with Gasteiger partial charge >= 0.3 is 0 Å². The van der Waals surface area contributed by atoms with E-state index in [0.717, 1.165) is 17.0 Å². The molecule has 3 N–H and O–H groups in total. The fourth-order valence-electron chi connectivity index (χ4n) is 1.69. The standard InChI is InChI=1S/C14H21ClN2O/c1-14(2,8-9-16)13(18)17-10-7-11-3-5-12(15)6-4-11/h3-6H,7-10,16H2,1-2H3,(H,17,18). The van der Waals surface area contributed by atoms with Gasteiger partial charge in [0.25, 0.3) is 0 Å². The average Bonchev–Trinajstić information content (AvgIpc) is 2.31. The zero-order chi connectivity index (χ0) is 13.6. The molecule has 0 fully saturated rings. The lowest BCUT2D eigenvalue weighted by Crippen LogP contribution is -2.39. The Morgan fingerprint density at radius 3 is 2.50 bits per heavy atom. The maximum absolute atomic E-state index is 11.9. The van der Waals surface area contributed by atoms with Crippen molar-refractivity contribution in [3.8, 4) is 0 Å². The summed E-state index contributed by atoms with van der Waals surface area (Å²) in [6.07, 6.45) is 1.50. The Labute approximate surface area is 114 Å². The van der Waals surface area contributed by atoms with Crippen LogP contribution in [0.5, 0.6) is 0 Å². The lowest BCUT2D eigenvalue weighted by atomic mass is 9.88. The molecule has 18 heavy (non-hydrogen) atoms. The number of nitrogens with two attached hydrogens (primary N) is 1. The minimum atomic E-state index is -0.394. The van der Waals surface area contributed by atoms with Crippen LogP contribution in [-0.4, -0.2) is 19.0 Å². The summed E-state index contributed by atoms with van der Waals surface area (Å²) in [4.78, 5) is 11.9. The maximum atomic E-state index is 11.9. The van der Waals surface area contributed by atoms with Crippen molar-refractivity contribution in [2.75, 3.05) is 13.1 Å². The summed E-state index contributed by atoms with van der Waals surface area (Å²) in [5.74, 6) is 0.0573. The minimum Gasteiger partial charge on any atom is -0.355 e. The van der Waals surface area contributed by atoms with Crippen molar-refractivity contribution in [3.63, 3.8) is 0 Å². The van der Waals surface area contributed by atoms with Gasteiger partial charge in [0, 0.05) is 17.0 Å². The molecule has 1 amide bonds. The van der Waals surface area contributed by atoms with E-state index < -0.39 is 5.41 Å². The van der Waals surface area contributed by atoms with E-state index >= 15 is 0 Å². The fourth-order valence-corrected chi connectivity index (χ4v) is 1.81. The van der Waals surface area contributed by atoms with Gasteiger partial charge in [0.15, 0.2) is 0 Å². The van der Waals surface area contributed by atoms with E-state index in [1.807, 2.05) is 38.1 Å². The number of nitrogens with one attached hydrogen (secondary N) is 1. The first-order chi connectivity index (χ1) is 8.45. The molecule has 3 nitrogen and oxygen atoms in total. The minimum absolute atomic E-state index is 0.0573. The van der Waals surface area contributed by atoms with Crippen LogP contribution in [0.3, 0.4) is 0 Å². The summed E-state index contributed by atoms with van der Waals surface area (Å²) >= 11 is 5.81. The van der Waals surface area contributed by atoms with Gasteiger partial charge < -0.3 is 11.1 Å². The molecule has 1 rings (SSSR count). The van der Waals surface area contributed by atoms with Gasteiger partial charge in [-0.05, 0) is 37.1 Å². The molecule has 0 aromatic heterocycles. The first-order valence-corrected chi connectivity index (χ1v) is 6.56. The quantitative estimate of drug-likeness (QED) is 0.832. The Hall–Kier alpha value is -1.06. The molecule has 0 atom stereocenters. The first kappa shape index (κ1) is 15.0. The normalized spacial score (nSPS) is 11.3. The lowest BCUT2D eigenvalue weighted by molar-refractivity contribution is -0.129. The predicted octanol–water partition coefficient (Wildman–Crippen LogP) is 2.37. The van der Waals surface area contributed by atoms with Gasteiger partial charge in [-0.1, -0.05) is 37.6 Å². The lowest BCUT2D eigenvalue weighted by Gasteiger charge is -2.22.